The number of carbonyl (C=O) groups excluding carboxylic acids is 1. The number of halogens is 1. The molecule has 18 heavy (non-hydrogen) atoms. The Morgan fingerprint density at radius 2 is 2.00 bits per heavy atom. The minimum Gasteiger partial charge on any atom is -0.299 e. The summed E-state index contributed by atoms with van der Waals surface area (Å²) in [6, 6.07) is 10.6. The Morgan fingerprint density at radius 3 is 2.67 bits per heavy atom. The molecule has 0 heterocycles. The summed E-state index contributed by atoms with van der Waals surface area (Å²) in [5.41, 5.74) is 0. The number of carbonyl (C=O) groups is 1. The van der Waals surface area contributed by atoms with Crippen molar-refractivity contribution in [3.05, 3.63) is 30.3 Å². The summed E-state index contributed by atoms with van der Waals surface area (Å²) < 4.78 is 0.824. The van der Waals surface area contributed by atoms with E-state index < -0.39 is 0 Å². The highest BCUT2D eigenvalue weighted by atomic mass is 127. The third kappa shape index (κ3) is 2.36. The highest BCUT2D eigenvalue weighted by molar-refractivity contribution is 14.1. The summed E-state index contributed by atoms with van der Waals surface area (Å²) in [5, 5.41) is 0. The van der Waals surface area contributed by atoms with Gasteiger partial charge in [-0.2, -0.15) is 0 Å². The van der Waals surface area contributed by atoms with E-state index in [1.165, 1.54) is 11.3 Å². The summed E-state index contributed by atoms with van der Waals surface area (Å²) in [5.74, 6) is 1.43. The lowest BCUT2D eigenvalue weighted by Gasteiger charge is -2.39. The highest BCUT2D eigenvalue weighted by Gasteiger charge is 2.51. The van der Waals surface area contributed by atoms with Gasteiger partial charge in [-0.05, 0) is 30.9 Å². The van der Waals surface area contributed by atoms with Crippen LogP contribution in [0, 0.1) is 11.8 Å². The van der Waals surface area contributed by atoms with Crippen molar-refractivity contribution in [2.75, 3.05) is 0 Å². The minimum absolute atomic E-state index is 0.241. The van der Waals surface area contributed by atoms with E-state index in [1.807, 2.05) is 11.8 Å². The fourth-order valence-electron chi connectivity index (χ4n) is 3.40. The molecular weight excluding hydrogens is 355 g/mol. The van der Waals surface area contributed by atoms with E-state index in [9.17, 15) is 4.79 Å². The van der Waals surface area contributed by atoms with E-state index >= 15 is 0 Å². The normalized spacial score (nSPS) is 39.0. The van der Waals surface area contributed by atoms with E-state index in [0.29, 0.717) is 21.5 Å². The third-order valence-corrected chi connectivity index (χ3v) is 7.38. The lowest BCUT2D eigenvalue weighted by molar-refractivity contribution is -0.120. The Balaban J connectivity index is 1.79. The molecule has 4 unspecified atom stereocenters. The first-order valence-electron chi connectivity index (χ1n) is 6.48. The molecular formula is C15H17IOS. The number of thioether (sulfide) groups is 1. The van der Waals surface area contributed by atoms with E-state index in [-0.39, 0.29) is 4.75 Å². The van der Waals surface area contributed by atoms with Crippen molar-refractivity contribution in [3.8, 4) is 0 Å². The monoisotopic (exact) mass is 372 g/mol. The Bertz CT molecular complexity index is 461. The summed E-state index contributed by atoms with van der Waals surface area (Å²) in [7, 11) is 0. The fourth-order valence-corrected chi connectivity index (χ4v) is 5.99. The molecule has 0 N–H and O–H groups in total. The molecule has 1 nitrogen and oxygen atoms in total. The molecule has 2 fully saturated rings. The number of benzene rings is 1. The predicted molar refractivity (Wildman–Crippen MR) is 84.4 cm³/mol. The Kier molecular flexibility index (Phi) is 3.47. The molecule has 2 aliphatic carbocycles. The van der Waals surface area contributed by atoms with Crippen LogP contribution in [-0.4, -0.2) is 14.5 Å². The quantitative estimate of drug-likeness (QED) is 0.568. The molecule has 0 spiro atoms. The number of Topliss-reactive ketones (excluding diaryl/α,β-unsaturated/α-hetero) is 1. The molecule has 0 aliphatic heterocycles. The van der Waals surface area contributed by atoms with Crippen molar-refractivity contribution in [3.63, 3.8) is 0 Å². The van der Waals surface area contributed by atoms with Crippen molar-refractivity contribution >= 4 is 40.1 Å². The zero-order chi connectivity index (χ0) is 12.8. The van der Waals surface area contributed by atoms with E-state index in [4.69, 9.17) is 0 Å². The average Bonchev–Trinajstić information content (AvgIpc) is 2.51. The van der Waals surface area contributed by atoms with Gasteiger partial charge in [0.05, 0.1) is 0 Å². The molecule has 0 aromatic heterocycles. The van der Waals surface area contributed by atoms with Gasteiger partial charge in [-0.15, -0.1) is 11.8 Å². The zero-order valence-corrected chi connectivity index (χ0v) is 13.4. The van der Waals surface area contributed by atoms with Gasteiger partial charge in [-0.25, -0.2) is 0 Å². The van der Waals surface area contributed by atoms with Crippen molar-refractivity contribution in [1.82, 2.24) is 0 Å². The van der Waals surface area contributed by atoms with Crippen LogP contribution in [0.2, 0.25) is 0 Å². The lowest BCUT2D eigenvalue weighted by atomic mass is 9.81. The molecule has 2 saturated carbocycles. The van der Waals surface area contributed by atoms with E-state index in [0.717, 1.165) is 12.8 Å². The molecule has 1 aromatic rings. The second-order valence-corrected chi connectivity index (χ2v) is 8.85. The Morgan fingerprint density at radius 1 is 1.28 bits per heavy atom. The summed E-state index contributed by atoms with van der Waals surface area (Å²) >= 11 is 4.47. The van der Waals surface area contributed by atoms with Crippen molar-refractivity contribution in [2.24, 2.45) is 11.8 Å². The van der Waals surface area contributed by atoms with Gasteiger partial charge in [0.1, 0.15) is 5.78 Å². The van der Waals surface area contributed by atoms with Crippen LogP contribution >= 0.6 is 34.4 Å². The van der Waals surface area contributed by atoms with Gasteiger partial charge < -0.3 is 0 Å². The summed E-state index contributed by atoms with van der Waals surface area (Å²) in [6.07, 6.45) is 3.06. The molecule has 2 bridgehead atoms. The zero-order valence-electron chi connectivity index (χ0n) is 10.4. The maximum absolute atomic E-state index is 12.0. The molecule has 0 saturated heterocycles. The van der Waals surface area contributed by atoms with Crippen LogP contribution in [0.5, 0.6) is 0 Å². The van der Waals surface area contributed by atoms with Gasteiger partial charge in [-0.1, -0.05) is 47.7 Å². The highest BCUT2D eigenvalue weighted by Crippen LogP contribution is 2.54. The van der Waals surface area contributed by atoms with E-state index in [2.05, 4.69) is 59.8 Å². The van der Waals surface area contributed by atoms with Crippen molar-refractivity contribution in [1.29, 1.82) is 0 Å². The average molecular weight is 372 g/mol. The smallest absolute Gasteiger partial charge is 0.137 e. The molecule has 0 radical (unpaired) electrons. The van der Waals surface area contributed by atoms with E-state index in [1.54, 1.807) is 0 Å². The van der Waals surface area contributed by atoms with Gasteiger partial charge in [0, 0.05) is 25.9 Å². The van der Waals surface area contributed by atoms with Gasteiger partial charge in [0.25, 0.3) is 0 Å². The number of ketones is 1. The van der Waals surface area contributed by atoms with Gasteiger partial charge in [0.2, 0.25) is 0 Å². The lowest BCUT2D eigenvalue weighted by Crippen LogP contribution is -2.37. The first-order chi connectivity index (χ1) is 8.57. The number of alkyl halides is 1. The van der Waals surface area contributed by atoms with Crippen LogP contribution in [0.15, 0.2) is 35.2 Å². The standard InChI is InChI=1S/C15H17IOS/c1-15(18-11-5-3-2-4-6-11)8-10-7-13(17)12(9-15)14(10)16/h2-6,10,12,14H,7-9H2,1H3. The number of hydrogen-bond donors (Lipinski definition) is 0. The molecule has 2 aliphatic rings. The Hall–Kier alpha value is -0.0300. The largest absolute Gasteiger partial charge is 0.299 e. The number of rotatable bonds is 2. The van der Waals surface area contributed by atoms with Crippen LogP contribution in [0.1, 0.15) is 26.2 Å². The molecule has 96 valence electrons. The van der Waals surface area contributed by atoms with Crippen LogP contribution in [0.4, 0.5) is 0 Å². The van der Waals surface area contributed by atoms with Crippen molar-refractivity contribution < 1.29 is 4.79 Å². The summed E-state index contributed by atoms with van der Waals surface area (Å²) in [4.78, 5) is 13.3. The van der Waals surface area contributed by atoms with Crippen LogP contribution in [0.3, 0.4) is 0 Å². The predicted octanol–water partition coefficient (Wildman–Crippen LogP) is 4.34. The SMILES string of the molecule is CC1(Sc2ccccc2)CC2CC(=O)C(C1)C2I. The molecule has 4 atom stereocenters. The number of fused-ring (bicyclic) bond motifs is 2. The number of hydrogen-bond acceptors (Lipinski definition) is 2. The maximum Gasteiger partial charge on any atom is 0.137 e. The second-order valence-electron chi connectivity index (χ2n) is 5.75. The second kappa shape index (κ2) is 4.82. The van der Waals surface area contributed by atoms with Crippen molar-refractivity contribution in [2.45, 2.75) is 39.8 Å². The van der Waals surface area contributed by atoms with Gasteiger partial charge >= 0.3 is 0 Å². The summed E-state index contributed by atoms with van der Waals surface area (Å²) in [6.45, 7) is 2.34. The van der Waals surface area contributed by atoms with Crippen LogP contribution in [0.25, 0.3) is 0 Å². The van der Waals surface area contributed by atoms with Crippen LogP contribution < -0.4 is 0 Å². The maximum atomic E-state index is 12.0. The topological polar surface area (TPSA) is 17.1 Å². The first-order valence-corrected chi connectivity index (χ1v) is 8.54. The molecule has 1 aromatic carbocycles. The first kappa shape index (κ1) is 13.0. The Labute approximate surface area is 126 Å². The minimum atomic E-state index is 0.241. The van der Waals surface area contributed by atoms with Gasteiger partial charge in [-0.3, -0.25) is 4.79 Å². The fraction of sp³-hybridized carbons (Fsp3) is 0.533. The molecule has 0 amide bonds. The molecule has 3 rings (SSSR count). The molecule has 3 heteroatoms. The van der Waals surface area contributed by atoms with Gasteiger partial charge in [0.15, 0.2) is 0 Å². The third-order valence-electron chi connectivity index (χ3n) is 4.16. The van der Waals surface area contributed by atoms with Crippen LogP contribution in [-0.2, 0) is 4.79 Å².